The molecule has 2 atom stereocenters. The Morgan fingerprint density at radius 1 is 1.29 bits per heavy atom. The summed E-state index contributed by atoms with van der Waals surface area (Å²) in [6.07, 6.45) is 1.29. The quantitative estimate of drug-likeness (QED) is 0.492. The lowest BCUT2D eigenvalue weighted by atomic mass is 9.86. The van der Waals surface area contributed by atoms with Gasteiger partial charge in [-0.3, -0.25) is 15.0 Å². The van der Waals surface area contributed by atoms with Crippen molar-refractivity contribution in [2.45, 2.75) is 74.0 Å². The van der Waals surface area contributed by atoms with E-state index >= 15 is 0 Å². The smallest absolute Gasteiger partial charge is 0.390 e. The Morgan fingerprint density at radius 2 is 2.00 bits per heavy atom. The van der Waals surface area contributed by atoms with Crippen LogP contribution in [0.4, 0.5) is 13.2 Å². The molecule has 0 spiro atoms. The fourth-order valence-electron chi connectivity index (χ4n) is 4.43. The predicted octanol–water partition coefficient (Wildman–Crippen LogP) is 2.07. The van der Waals surface area contributed by atoms with E-state index in [2.05, 4.69) is 25.4 Å². The van der Waals surface area contributed by atoms with Crippen LogP contribution in [-0.2, 0) is 23.0 Å². The lowest BCUT2D eigenvalue weighted by Crippen LogP contribution is -2.66. The third kappa shape index (κ3) is 5.81. The number of nitriles is 1. The highest BCUT2D eigenvalue weighted by Gasteiger charge is 2.61. The molecule has 16 heteroatoms. The maximum absolute atomic E-state index is 14.7. The molecule has 2 aliphatic rings. The fourth-order valence-corrected chi connectivity index (χ4v) is 7.13. The van der Waals surface area contributed by atoms with Crippen LogP contribution in [0.2, 0.25) is 0 Å². The molecule has 38 heavy (non-hydrogen) atoms. The van der Waals surface area contributed by atoms with Crippen LogP contribution in [-0.4, -0.2) is 81.6 Å². The summed E-state index contributed by atoms with van der Waals surface area (Å²) in [7, 11) is -3.91. The first-order valence-electron chi connectivity index (χ1n) is 11.7. The minimum Gasteiger partial charge on any atom is -0.390 e. The molecule has 2 aliphatic heterocycles. The number of nitrogens with zero attached hydrogens (tertiary/aromatic N) is 7. The molecule has 0 radical (unpaired) electrons. The topological polar surface area (TPSA) is 149 Å². The van der Waals surface area contributed by atoms with Gasteiger partial charge in [0.1, 0.15) is 23.8 Å². The summed E-state index contributed by atoms with van der Waals surface area (Å²) in [5.41, 5.74) is -3.70. The molecule has 0 amide bonds. The van der Waals surface area contributed by atoms with E-state index in [-0.39, 0.29) is 48.7 Å². The highest BCUT2D eigenvalue weighted by molar-refractivity contribution is 7.89. The van der Waals surface area contributed by atoms with E-state index in [1.165, 1.54) is 21.4 Å². The average molecular weight is 573 g/mol. The van der Waals surface area contributed by atoms with Crippen molar-refractivity contribution in [2.75, 3.05) is 13.1 Å². The van der Waals surface area contributed by atoms with E-state index in [1.54, 1.807) is 13.8 Å². The van der Waals surface area contributed by atoms with Gasteiger partial charge in [0.15, 0.2) is 5.54 Å². The summed E-state index contributed by atoms with van der Waals surface area (Å²) in [4.78, 5) is 12.2. The molecule has 1 saturated heterocycles. The summed E-state index contributed by atoms with van der Waals surface area (Å²) in [6.45, 7) is 3.07. The number of rotatable bonds is 8. The molecule has 0 bridgehead atoms. The van der Waals surface area contributed by atoms with E-state index in [0.29, 0.717) is 5.01 Å². The van der Waals surface area contributed by atoms with Gasteiger partial charge in [-0.05, 0) is 26.7 Å². The highest BCUT2D eigenvalue weighted by atomic mass is 32.2. The van der Waals surface area contributed by atoms with Gasteiger partial charge in [-0.2, -0.15) is 27.8 Å². The van der Waals surface area contributed by atoms with Gasteiger partial charge < -0.3 is 5.11 Å². The Hall–Kier alpha value is -2.71. The number of aliphatic imine (C=N–C) groups is 2. The second kappa shape index (κ2) is 10.5. The number of hydrogen-bond donors (Lipinski definition) is 2. The second-order valence-electron chi connectivity index (χ2n) is 9.81. The van der Waals surface area contributed by atoms with Gasteiger partial charge >= 0.3 is 6.18 Å². The van der Waals surface area contributed by atoms with E-state index in [4.69, 9.17) is 5.26 Å². The first kappa shape index (κ1) is 28.3. The fraction of sp³-hybridized carbons (Fsp3) is 0.591. The van der Waals surface area contributed by atoms with E-state index in [1.807, 2.05) is 6.07 Å². The maximum Gasteiger partial charge on any atom is 0.414 e. The molecule has 4 rings (SSSR count). The number of halogens is 3. The van der Waals surface area contributed by atoms with Gasteiger partial charge in [-0.25, -0.2) is 18.4 Å². The van der Waals surface area contributed by atoms with Crippen LogP contribution >= 0.6 is 11.3 Å². The minimum atomic E-state index is -4.78. The zero-order chi connectivity index (χ0) is 27.8. The SMILES string of the molecule is CC(C)(O)Cc1ncc(C2N=CN=CC2(NC2CCN(S(=O)(=O)c3cnn(CC#N)c3)CC2)C(F)(F)F)s1. The third-order valence-electron chi connectivity index (χ3n) is 6.26. The number of aromatic nitrogens is 3. The van der Waals surface area contributed by atoms with Crippen molar-refractivity contribution >= 4 is 33.9 Å². The number of nitrogens with one attached hydrogen (secondary N) is 1. The standard InChI is InChI=1S/C22H27F3N8O3S2/c1-20(2,34)9-18-28-11-17(37-18)19-21(22(23,24)25,13-27-14-29-19)31-15-3-6-33(7-4-15)38(35,36)16-10-30-32(12-16)8-5-26/h10-15,19,31,34H,3-4,6-9H2,1-2H3. The summed E-state index contributed by atoms with van der Waals surface area (Å²) < 4.78 is 72.5. The van der Waals surface area contributed by atoms with Gasteiger partial charge in [0.05, 0.1) is 27.8 Å². The molecule has 206 valence electrons. The number of sulfonamides is 1. The monoisotopic (exact) mass is 572 g/mol. The van der Waals surface area contributed by atoms with Crippen molar-refractivity contribution in [1.29, 1.82) is 5.26 Å². The van der Waals surface area contributed by atoms with Crippen LogP contribution in [0.3, 0.4) is 0 Å². The molecule has 2 aromatic rings. The second-order valence-corrected chi connectivity index (χ2v) is 12.9. The van der Waals surface area contributed by atoms with Crippen molar-refractivity contribution < 1.29 is 26.7 Å². The van der Waals surface area contributed by atoms with Crippen molar-refractivity contribution in [3.05, 3.63) is 28.5 Å². The Kier molecular flexibility index (Phi) is 7.79. The number of piperidine rings is 1. The summed E-state index contributed by atoms with van der Waals surface area (Å²) in [5.74, 6) is 0. The molecule has 0 saturated carbocycles. The van der Waals surface area contributed by atoms with Crippen LogP contribution in [0, 0.1) is 11.3 Å². The molecular weight excluding hydrogens is 545 g/mol. The van der Waals surface area contributed by atoms with E-state index in [0.717, 1.165) is 30.1 Å². The summed E-state index contributed by atoms with van der Waals surface area (Å²) in [6, 6.07) is -0.187. The molecule has 2 N–H and O–H groups in total. The Bertz CT molecular complexity index is 1350. The molecular formula is C22H27F3N8O3S2. The van der Waals surface area contributed by atoms with Gasteiger partial charge in [0, 0.05) is 44.2 Å². The van der Waals surface area contributed by atoms with Gasteiger partial charge in [0.2, 0.25) is 10.0 Å². The van der Waals surface area contributed by atoms with Crippen molar-refractivity contribution in [3.63, 3.8) is 0 Å². The third-order valence-corrected chi connectivity index (χ3v) is 9.16. The minimum absolute atomic E-state index is 0.00126. The zero-order valence-electron chi connectivity index (χ0n) is 20.6. The largest absolute Gasteiger partial charge is 0.414 e. The molecule has 11 nitrogen and oxygen atoms in total. The molecule has 2 aromatic heterocycles. The van der Waals surface area contributed by atoms with Crippen LogP contribution in [0.15, 0.2) is 33.5 Å². The van der Waals surface area contributed by atoms with Gasteiger partial charge in [0.25, 0.3) is 0 Å². The average Bonchev–Trinajstić information content (AvgIpc) is 3.48. The number of hydrogen-bond acceptors (Lipinski definition) is 10. The summed E-state index contributed by atoms with van der Waals surface area (Å²) >= 11 is 1.05. The molecule has 0 aliphatic carbocycles. The highest BCUT2D eigenvalue weighted by Crippen LogP contribution is 2.45. The number of thiazole rings is 1. The van der Waals surface area contributed by atoms with Gasteiger partial charge in [-0.15, -0.1) is 11.3 Å². The number of aliphatic hydroxyl groups is 1. The van der Waals surface area contributed by atoms with Crippen molar-refractivity contribution in [3.8, 4) is 6.07 Å². The van der Waals surface area contributed by atoms with Crippen molar-refractivity contribution in [2.24, 2.45) is 9.98 Å². The lowest BCUT2D eigenvalue weighted by molar-refractivity contribution is -0.182. The van der Waals surface area contributed by atoms with Gasteiger partial charge in [-0.1, -0.05) is 0 Å². The first-order chi connectivity index (χ1) is 17.7. The summed E-state index contributed by atoms with van der Waals surface area (Å²) in [5, 5.41) is 25.9. The molecule has 1 fully saturated rings. The van der Waals surface area contributed by atoms with Crippen molar-refractivity contribution in [1.82, 2.24) is 24.4 Å². The van der Waals surface area contributed by atoms with E-state index in [9.17, 15) is 26.7 Å². The Balaban J connectivity index is 1.52. The number of alkyl halides is 3. The predicted molar refractivity (Wildman–Crippen MR) is 133 cm³/mol. The normalized spacial score (nSPS) is 23.6. The maximum atomic E-state index is 14.7. The van der Waals surface area contributed by atoms with Crippen LogP contribution in [0.5, 0.6) is 0 Å². The van der Waals surface area contributed by atoms with E-state index < -0.39 is 39.4 Å². The zero-order valence-corrected chi connectivity index (χ0v) is 22.3. The van der Waals surface area contributed by atoms with Crippen LogP contribution < -0.4 is 5.32 Å². The van der Waals surface area contributed by atoms with Crippen LogP contribution in [0.25, 0.3) is 0 Å². The molecule has 4 heterocycles. The lowest BCUT2D eigenvalue weighted by Gasteiger charge is -2.43. The Morgan fingerprint density at radius 3 is 2.63 bits per heavy atom. The van der Waals surface area contributed by atoms with Crippen LogP contribution in [0.1, 0.15) is 42.6 Å². The first-order valence-corrected chi connectivity index (χ1v) is 14.0. The molecule has 2 unspecified atom stereocenters. The Labute approximate surface area is 221 Å². The molecule has 0 aromatic carbocycles.